The molecule has 2 aromatic carbocycles. The molecule has 0 saturated carbocycles. The van der Waals surface area contributed by atoms with Gasteiger partial charge in [0, 0.05) is 0 Å². The highest BCUT2D eigenvalue weighted by molar-refractivity contribution is 5.76. The lowest BCUT2D eigenvalue weighted by Gasteiger charge is -2.05. The van der Waals surface area contributed by atoms with Crippen molar-refractivity contribution in [1.29, 1.82) is 0 Å². The predicted octanol–water partition coefficient (Wildman–Crippen LogP) is 4.05. The van der Waals surface area contributed by atoms with E-state index in [2.05, 4.69) is 15.3 Å². The number of nitrogens with zero attached hydrogens (tertiary/aromatic N) is 1. The van der Waals surface area contributed by atoms with E-state index in [0.717, 1.165) is 24.1 Å². The Morgan fingerprint density at radius 2 is 1.79 bits per heavy atom. The molecule has 0 aliphatic heterocycles. The Hall–Kier alpha value is -2.41. The van der Waals surface area contributed by atoms with Crippen LogP contribution in [0.4, 0.5) is 17.6 Å². The zero-order chi connectivity index (χ0) is 17.2. The van der Waals surface area contributed by atoms with Gasteiger partial charge in [0.15, 0.2) is 0 Å². The number of H-pyrrole nitrogens is 1. The number of aromatic nitrogens is 2. The van der Waals surface area contributed by atoms with Crippen LogP contribution in [0.3, 0.4) is 0 Å². The summed E-state index contributed by atoms with van der Waals surface area (Å²) >= 11 is 0. The third-order valence-electron chi connectivity index (χ3n) is 3.65. The third-order valence-corrected chi connectivity index (χ3v) is 3.65. The smallest absolute Gasteiger partial charge is 0.341 e. The lowest BCUT2D eigenvalue weighted by molar-refractivity contribution is -0.137. The second kappa shape index (κ2) is 6.60. The maximum atomic E-state index is 12.8. The molecular weight excluding hydrogens is 322 g/mol. The van der Waals surface area contributed by atoms with E-state index in [4.69, 9.17) is 0 Å². The third kappa shape index (κ3) is 3.91. The zero-order valence-corrected chi connectivity index (χ0v) is 12.6. The minimum absolute atomic E-state index is 0.271. The number of nitrogens with one attached hydrogen (secondary N) is 2. The predicted molar refractivity (Wildman–Crippen MR) is 82.9 cm³/mol. The van der Waals surface area contributed by atoms with Gasteiger partial charge in [0.25, 0.3) is 0 Å². The van der Waals surface area contributed by atoms with Crippen LogP contribution in [0.15, 0.2) is 42.5 Å². The first-order chi connectivity index (χ1) is 11.4. The Balaban J connectivity index is 1.58. The summed E-state index contributed by atoms with van der Waals surface area (Å²) in [7, 11) is 0. The second-order valence-electron chi connectivity index (χ2n) is 5.47. The Morgan fingerprint density at radius 1 is 1.04 bits per heavy atom. The number of aromatic amines is 1. The van der Waals surface area contributed by atoms with Gasteiger partial charge in [-0.2, -0.15) is 13.2 Å². The van der Waals surface area contributed by atoms with Crippen LogP contribution < -0.4 is 5.32 Å². The van der Waals surface area contributed by atoms with Crippen LogP contribution in [0.1, 0.15) is 17.0 Å². The number of rotatable bonds is 5. The van der Waals surface area contributed by atoms with Crippen molar-refractivity contribution in [2.75, 3.05) is 6.54 Å². The van der Waals surface area contributed by atoms with Gasteiger partial charge < -0.3 is 10.3 Å². The van der Waals surface area contributed by atoms with E-state index in [9.17, 15) is 17.6 Å². The molecule has 126 valence electrons. The van der Waals surface area contributed by atoms with Crippen LogP contribution in [-0.4, -0.2) is 16.5 Å². The maximum Gasteiger partial charge on any atom is 0.416 e. The lowest BCUT2D eigenvalue weighted by Crippen LogP contribution is -2.17. The molecule has 0 fully saturated rings. The monoisotopic (exact) mass is 337 g/mol. The van der Waals surface area contributed by atoms with E-state index >= 15 is 0 Å². The van der Waals surface area contributed by atoms with Crippen LogP contribution in [0.25, 0.3) is 11.0 Å². The Morgan fingerprint density at radius 3 is 2.50 bits per heavy atom. The van der Waals surface area contributed by atoms with Crippen LogP contribution in [0.5, 0.6) is 0 Å². The van der Waals surface area contributed by atoms with Crippen molar-refractivity contribution in [1.82, 2.24) is 15.3 Å². The Kier molecular flexibility index (Phi) is 4.53. The summed E-state index contributed by atoms with van der Waals surface area (Å²) in [5.74, 6) is 0.302. The van der Waals surface area contributed by atoms with Crippen molar-refractivity contribution in [2.45, 2.75) is 19.1 Å². The summed E-state index contributed by atoms with van der Waals surface area (Å²) in [5, 5.41) is 3.16. The number of imidazole rings is 1. The molecule has 0 aliphatic rings. The molecule has 7 heteroatoms. The van der Waals surface area contributed by atoms with E-state index in [1.165, 1.54) is 18.2 Å². The fourth-order valence-electron chi connectivity index (χ4n) is 2.41. The number of hydrogen-bond acceptors (Lipinski definition) is 2. The maximum absolute atomic E-state index is 12.8. The number of alkyl halides is 3. The van der Waals surface area contributed by atoms with Crippen LogP contribution >= 0.6 is 0 Å². The van der Waals surface area contributed by atoms with Gasteiger partial charge in [-0.15, -0.1) is 0 Å². The molecule has 2 N–H and O–H groups in total. The molecule has 24 heavy (non-hydrogen) atoms. The first-order valence-corrected chi connectivity index (χ1v) is 7.43. The van der Waals surface area contributed by atoms with Crippen LogP contribution in [0.2, 0.25) is 0 Å². The fourth-order valence-corrected chi connectivity index (χ4v) is 2.41. The molecule has 3 aromatic rings. The molecule has 0 spiro atoms. The number of benzene rings is 2. The minimum Gasteiger partial charge on any atom is -0.341 e. The second-order valence-corrected chi connectivity index (χ2v) is 5.47. The minimum atomic E-state index is -4.37. The highest BCUT2D eigenvalue weighted by Crippen LogP contribution is 2.30. The van der Waals surface area contributed by atoms with E-state index in [1.54, 1.807) is 12.1 Å². The lowest BCUT2D eigenvalue weighted by atomic mass is 10.1. The van der Waals surface area contributed by atoms with Gasteiger partial charge in [-0.1, -0.05) is 12.1 Å². The zero-order valence-electron chi connectivity index (χ0n) is 12.6. The molecule has 0 bridgehead atoms. The number of fused-ring (bicyclic) bond motifs is 1. The van der Waals surface area contributed by atoms with Gasteiger partial charge in [0.2, 0.25) is 0 Å². The molecule has 0 saturated heterocycles. The van der Waals surface area contributed by atoms with Gasteiger partial charge in [0.05, 0.1) is 23.1 Å². The quantitative estimate of drug-likeness (QED) is 0.545. The summed E-state index contributed by atoms with van der Waals surface area (Å²) in [6.45, 7) is 1.06. The van der Waals surface area contributed by atoms with Gasteiger partial charge in [-0.3, -0.25) is 0 Å². The molecule has 3 rings (SSSR count). The highest BCUT2D eigenvalue weighted by Gasteiger charge is 2.30. The summed E-state index contributed by atoms with van der Waals surface area (Å²) in [6, 6.07) is 9.70. The van der Waals surface area contributed by atoms with Gasteiger partial charge in [0.1, 0.15) is 11.6 Å². The van der Waals surface area contributed by atoms with Crippen molar-refractivity contribution >= 4 is 11.0 Å². The molecule has 0 radical (unpaired) electrons. The van der Waals surface area contributed by atoms with Crippen molar-refractivity contribution in [2.24, 2.45) is 0 Å². The molecule has 1 heterocycles. The number of halogens is 4. The fraction of sp³-hybridized carbons (Fsp3) is 0.235. The van der Waals surface area contributed by atoms with Crippen molar-refractivity contribution in [3.05, 3.63) is 65.2 Å². The average molecular weight is 337 g/mol. The van der Waals surface area contributed by atoms with Crippen LogP contribution in [0, 0.1) is 5.82 Å². The Bertz CT molecular complexity index is 822. The van der Waals surface area contributed by atoms with Crippen molar-refractivity contribution < 1.29 is 17.6 Å². The molecule has 3 nitrogen and oxygen atoms in total. The summed E-state index contributed by atoms with van der Waals surface area (Å²) in [4.78, 5) is 7.15. The summed E-state index contributed by atoms with van der Waals surface area (Å²) in [5.41, 5.74) is 1.16. The first-order valence-electron chi connectivity index (χ1n) is 7.43. The van der Waals surface area contributed by atoms with E-state index in [-0.39, 0.29) is 5.82 Å². The van der Waals surface area contributed by atoms with Gasteiger partial charge in [-0.25, -0.2) is 9.37 Å². The first kappa shape index (κ1) is 16.4. The molecular formula is C17H15F4N3. The topological polar surface area (TPSA) is 40.7 Å². The van der Waals surface area contributed by atoms with Gasteiger partial charge in [-0.05, 0) is 48.9 Å². The molecule has 0 unspecified atom stereocenters. The molecule has 0 aliphatic carbocycles. The molecule has 0 amide bonds. The SMILES string of the molecule is Fc1ccc(CCNCc2nc3ccc(C(F)(F)F)cc3[nH]2)cc1. The van der Waals surface area contributed by atoms with E-state index < -0.39 is 11.7 Å². The van der Waals surface area contributed by atoms with E-state index in [0.29, 0.717) is 29.9 Å². The summed E-state index contributed by atoms with van der Waals surface area (Å²) < 4.78 is 50.9. The Labute approximate surface area is 135 Å². The molecule has 0 atom stereocenters. The van der Waals surface area contributed by atoms with Crippen molar-refractivity contribution in [3.8, 4) is 0 Å². The largest absolute Gasteiger partial charge is 0.416 e. The van der Waals surface area contributed by atoms with E-state index in [1.807, 2.05) is 0 Å². The average Bonchev–Trinajstić information content (AvgIpc) is 2.94. The molecule has 1 aromatic heterocycles. The normalized spacial score (nSPS) is 12.0. The standard InChI is InChI=1S/C17H15F4N3/c18-13-4-1-11(2-5-13)7-8-22-10-16-23-14-6-3-12(17(19,20)21)9-15(14)24-16/h1-6,9,22H,7-8,10H2,(H,23,24). The number of hydrogen-bond donors (Lipinski definition) is 2. The highest BCUT2D eigenvalue weighted by atomic mass is 19.4. The van der Waals surface area contributed by atoms with Gasteiger partial charge >= 0.3 is 6.18 Å². The summed E-state index contributed by atoms with van der Waals surface area (Å²) in [6.07, 6.45) is -3.65. The van der Waals surface area contributed by atoms with Crippen molar-refractivity contribution in [3.63, 3.8) is 0 Å². The van der Waals surface area contributed by atoms with Crippen LogP contribution in [-0.2, 0) is 19.1 Å².